The van der Waals surface area contributed by atoms with Crippen molar-refractivity contribution >= 4 is 36.0 Å². The molecule has 1 amide bonds. The number of carbonyl (C=O) groups is 1. The topological polar surface area (TPSA) is 69.2 Å². The van der Waals surface area contributed by atoms with Crippen LogP contribution in [0, 0.1) is 0 Å². The lowest BCUT2D eigenvalue weighted by Gasteiger charge is -2.33. The number of halogens is 1. The summed E-state index contributed by atoms with van der Waals surface area (Å²) in [5, 5.41) is 6.45. The first-order chi connectivity index (χ1) is 12.8. The van der Waals surface area contributed by atoms with Gasteiger partial charge in [0.05, 0.1) is 6.04 Å². The van der Waals surface area contributed by atoms with Gasteiger partial charge in [-0.1, -0.05) is 6.42 Å². The summed E-state index contributed by atoms with van der Waals surface area (Å²) >= 11 is 0. The standard InChI is InChI=1S/C20H39N5O2.HI/c1-16-9-6-7-12-24(16)13-8-11-22-18(21-5)25-14-10-17(15-25)23-19(26)27-20(2,3)4;/h16-17H,6-15H2,1-5H3,(H,21,22)(H,23,26);1H. The van der Waals surface area contributed by atoms with Crippen LogP contribution < -0.4 is 10.6 Å². The zero-order valence-electron chi connectivity index (χ0n) is 18.3. The van der Waals surface area contributed by atoms with E-state index in [-0.39, 0.29) is 36.1 Å². The van der Waals surface area contributed by atoms with E-state index in [1.807, 2.05) is 27.8 Å². The number of rotatable bonds is 5. The van der Waals surface area contributed by atoms with Crippen molar-refractivity contribution in [2.75, 3.05) is 39.8 Å². The fourth-order valence-corrected chi connectivity index (χ4v) is 3.85. The van der Waals surface area contributed by atoms with Gasteiger partial charge in [0, 0.05) is 39.3 Å². The van der Waals surface area contributed by atoms with Crippen LogP contribution in [-0.4, -0.2) is 79.3 Å². The molecule has 8 heteroatoms. The number of ether oxygens (including phenoxy) is 1. The number of aliphatic imine (C=N–C) groups is 1. The van der Waals surface area contributed by atoms with Gasteiger partial charge in [-0.3, -0.25) is 4.99 Å². The highest BCUT2D eigenvalue weighted by Gasteiger charge is 2.27. The summed E-state index contributed by atoms with van der Waals surface area (Å²) in [5.74, 6) is 0.926. The number of carbonyl (C=O) groups excluding carboxylic acids is 1. The van der Waals surface area contributed by atoms with Crippen LogP contribution >= 0.6 is 24.0 Å². The van der Waals surface area contributed by atoms with Gasteiger partial charge < -0.3 is 25.2 Å². The normalized spacial score (nSPS) is 23.9. The molecule has 0 aromatic carbocycles. The predicted molar refractivity (Wildman–Crippen MR) is 126 cm³/mol. The quantitative estimate of drug-likeness (QED) is 0.258. The van der Waals surface area contributed by atoms with Crippen LogP contribution in [0.5, 0.6) is 0 Å². The van der Waals surface area contributed by atoms with Crippen molar-refractivity contribution in [1.29, 1.82) is 0 Å². The summed E-state index contributed by atoms with van der Waals surface area (Å²) in [4.78, 5) is 21.2. The fourth-order valence-electron chi connectivity index (χ4n) is 3.85. The van der Waals surface area contributed by atoms with E-state index in [9.17, 15) is 4.79 Å². The van der Waals surface area contributed by atoms with Crippen LogP contribution in [0.15, 0.2) is 4.99 Å². The Bertz CT molecular complexity index is 509. The number of alkyl carbamates (subject to hydrolysis) is 1. The molecule has 0 aromatic rings. The van der Waals surface area contributed by atoms with E-state index in [1.165, 1.54) is 25.8 Å². The Morgan fingerprint density at radius 2 is 1.96 bits per heavy atom. The molecule has 7 nitrogen and oxygen atoms in total. The number of piperidine rings is 1. The molecule has 0 bridgehead atoms. The van der Waals surface area contributed by atoms with E-state index in [0.717, 1.165) is 51.0 Å². The predicted octanol–water partition coefficient (Wildman–Crippen LogP) is 3.04. The van der Waals surface area contributed by atoms with Crippen LogP contribution in [0.25, 0.3) is 0 Å². The molecular formula is C20H40IN5O2. The maximum atomic E-state index is 11.9. The van der Waals surface area contributed by atoms with Gasteiger partial charge in [0.2, 0.25) is 0 Å². The van der Waals surface area contributed by atoms with Crippen molar-refractivity contribution in [2.24, 2.45) is 4.99 Å². The summed E-state index contributed by atoms with van der Waals surface area (Å²) in [5.41, 5.74) is -0.466. The highest BCUT2D eigenvalue weighted by atomic mass is 127. The summed E-state index contributed by atoms with van der Waals surface area (Å²) in [7, 11) is 1.82. The second-order valence-corrected chi connectivity index (χ2v) is 8.79. The van der Waals surface area contributed by atoms with Crippen LogP contribution in [-0.2, 0) is 4.74 Å². The highest BCUT2D eigenvalue weighted by molar-refractivity contribution is 14.0. The van der Waals surface area contributed by atoms with E-state index in [2.05, 4.69) is 32.3 Å². The molecule has 2 atom stereocenters. The molecule has 2 fully saturated rings. The molecule has 0 radical (unpaired) electrons. The van der Waals surface area contributed by atoms with Crippen molar-refractivity contribution < 1.29 is 9.53 Å². The maximum Gasteiger partial charge on any atom is 0.407 e. The van der Waals surface area contributed by atoms with Crippen molar-refractivity contribution in [3.05, 3.63) is 0 Å². The first-order valence-electron chi connectivity index (χ1n) is 10.5. The maximum absolute atomic E-state index is 11.9. The Labute approximate surface area is 188 Å². The molecule has 164 valence electrons. The molecule has 0 spiro atoms. The van der Waals surface area contributed by atoms with Gasteiger partial charge in [0.1, 0.15) is 5.60 Å². The van der Waals surface area contributed by atoms with Gasteiger partial charge in [-0.15, -0.1) is 24.0 Å². The monoisotopic (exact) mass is 509 g/mol. The molecule has 28 heavy (non-hydrogen) atoms. The van der Waals surface area contributed by atoms with Gasteiger partial charge >= 0.3 is 6.09 Å². The average Bonchev–Trinajstić information content (AvgIpc) is 3.02. The van der Waals surface area contributed by atoms with E-state index >= 15 is 0 Å². The summed E-state index contributed by atoms with van der Waals surface area (Å²) in [6.45, 7) is 12.9. The molecule has 2 saturated heterocycles. The first kappa shape index (κ1) is 25.3. The van der Waals surface area contributed by atoms with Crippen molar-refractivity contribution in [3.63, 3.8) is 0 Å². The molecule has 2 unspecified atom stereocenters. The van der Waals surface area contributed by atoms with Crippen LogP contribution in [0.3, 0.4) is 0 Å². The lowest BCUT2D eigenvalue weighted by Crippen LogP contribution is -2.45. The molecule has 2 heterocycles. The number of nitrogens with one attached hydrogen (secondary N) is 2. The molecule has 0 aliphatic carbocycles. The van der Waals surface area contributed by atoms with Crippen LogP contribution in [0.2, 0.25) is 0 Å². The number of hydrogen-bond acceptors (Lipinski definition) is 4. The lowest BCUT2D eigenvalue weighted by atomic mass is 10.0. The molecule has 2 rings (SSSR count). The van der Waals surface area contributed by atoms with Gasteiger partial charge in [-0.25, -0.2) is 4.79 Å². The van der Waals surface area contributed by atoms with E-state index < -0.39 is 5.60 Å². The Balaban J connectivity index is 0.00000392. The molecule has 0 saturated carbocycles. The Morgan fingerprint density at radius 3 is 2.61 bits per heavy atom. The molecular weight excluding hydrogens is 469 g/mol. The Hall–Kier alpha value is -0.770. The zero-order valence-corrected chi connectivity index (χ0v) is 20.6. The van der Waals surface area contributed by atoms with E-state index in [0.29, 0.717) is 0 Å². The molecule has 2 N–H and O–H groups in total. The minimum atomic E-state index is -0.466. The summed E-state index contributed by atoms with van der Waals surface area (Å²) in [6, 6.07) is 0.823. The smallest absolute Gasteiger partial charge is 0.407 e. The highest BCUT2D eigenvalue weighted by Crippen LogP contribution is 2.16. The Kier molecular flexibility index (Phi) is 10.9. The van der Waals surface area contributed by atoms with Crippen LogP contribution in [0.4, 0.5) is 4.79 Å². The molecule has 2 aliphatic rings. The largest absolute Gasteiger partial charge is 0.444 e. The van der Waals surface area contributed by atoms with Gasteiger partial charge in [0.15, 0.2) is 5.96 Å². The van der Waals surface area contributed by atoms with Crippen LogP contribution in [0.1, 0.15) is 59.8 Å². The SMILES string of the molecule is CN=C(NCCCN1CCCCC1C)N1CCC(NC(=O)OC(C)(C)C)C1.I. The third-order valence-corrected chi connectivity index (χ3v) is 5.27. The van der Waals surface area contributed by atoms with Gasteiger partial charge in [-0.05, 0) is 59.9 Å². The summed E-state index contributed by atoms with van der Waals surface area (Å²) in [6.07, 6.45) is 5.72. The third-order valence-electron chi connectivity index (χ3n) is 5.27. The number of nitrogens with zero attached hydrogens (tertiary/aromatic N) is 3. The number of hydrogen-bond donors (Lipinski definition) is 2. The van der Waals surface area contributed by atoms with E-state index in [1.54, 1.807) is 0 Å². The number of likely N-dealkylation sites (tertiary alicyclic amines) is 2. The zero-order chi connectivity index (χ0) is 19.9. The minimum absolute atomic E-state index is 0. The minimum Gasteiger partial charge on any atom is -0.444 e. The van der Waals surface area contributed by atoms with Crippen molar-refractivity contribution in [1.82, 2.24) is 20.4 Å². The third kappa shape index (κ3) is 8.71. The van der Waals surface area contributed by atoms with Gasteiger partial charge in [-0.2, -0.15) is 0 Å². The lowest BCUT2D eigenvalue weighted by molar-refractivity contribution is 0.0507. The number of amides is 1. The van der Waals surface area contributed by atoms with E-state index in [4.69, 9.17) is 4.74 Å². The van der Waals surface area contributed by atoms with Crippen molar-refractivity contribution in [2.45, 2.75) is 77.5 Å². The molecule has 2 aliphatic heterocycles. The second kappa shape index (κ2) is 12.0. The molecule has 0 aromatic heterocycles. The average molecular weight is 509 g/mol. The van der Waals surface area contributed by atoms with Gasteiger partial charge in [0.25, 0.3) is 0 Å². The van der Waals surface area contributed by atoms with Crippen molar-refractivity contribution in [3.8, 4) is 0 Å². The number of guanidine groups is 1. The second-order valence-electron chi connectivity index (χ2n) is 8.79. The fraction of sp³-hybridized carbons (Fsp3) is 0.900. The summed E-state index contributed by atoms with van der Waals surface area (Å²) < 4.78 is 5.35. The first-order valence-corrected chi connectivity index (χ1v) is 10.5. The Morgan fingerprint density at radius 1 is 1.21 bits per heavy atom.